The first-order valence-electron chi connectivity index (χ1n) is 6.58. The topological polar surface area (TPSA) is 58.5 Å². The zero-order valence-electron chi connectivity index (χ0n) is 10.9. The Morgan fingerprint density at radius 3 is 2.67 bits per heavy atom. The molecule has 1 aliphatic heterocycles. The van der Waals surface area contributed by atoms with Crippen LogP contribution in [0.15, 0.2) is 4.99 Å². The second-order valence-corrected chi connectivity index (χ2v) is 8.75. The molecule has 0 radical (unpaired) electrons. The number of nitrogens with one attached hydrogen (secondary N) is 1. The summed E-state index contributed by atoms with van der Waals surface area (Å²) in [5.41, 5.74) is 0.475. The van der Waals surface area contributed by atoms with E-state index in [1.54, 1.807) is 11.8 Å². The summed E-state index contributed by atoms with van der Waals surface area (Å²) in [7, 11) is -2.83. The summed E-state index contributed by atoms with van der Waals surface area (Å²) in [5.74, 6) is 1.42. The molecule has 1 aliphatic carbocycles. The van der Waals surface area contributed by atoms with E-state index in [-0.39, 0.29) is 5.75 Å². The van der Waals surface area contributed by atoms with Crippen molar-refractivity contribution in [3.8, 4) is 0 Å². The number of nitrogens with zero attached hydrogens (tertiary/aromatic N) is 1. The summed E-state index contributed by atoms with van der Waals surface area (Å²) in [6, 6.07) is 0. The van der Waals surface area contributed by atoms with E-state index < -0.39 is 9.84 Å². The lowest BCUT2D eigenvalue weighted by Crippen LogP contribution is -2.34. The highest BCUT2D eigenvalue weighted by Gasteiger charge is 2.36. The second-order valence-electron chi connectivity index (χ2n) is 5.53. The molecule has 2 aliphatic rings. The van der Waals surface area contributed by atoms with Crippen molar-refractivity contribution in [2.24, 2.45) is 10.4 Å². The van der Waals surface area contributed by atoms with Crippen LogP contribution < -0.4 is 5.32 Å². The Morgan fingerprint density at radius 2 is 2.11 bits per heavy atom. The molecule has 0 aromatic carbocycles. The smallest absolute Gasteiger partial charge is 0.156 e. The fourth-order valence-corrected chi connectivity index (χ4v) is 4.47. The van der Waals surface area contributed by atoms with Crippen molar-refractivity contribution >= 4 is 26.8 Å². The van der Waals surface area contributed by atoms with E-state index in [9.17, 15) is 8.42 Å². The first-order valence-corrected chi connectivity index (χ1v) is 9.63. The van der Waals surface area contributed by atoms with Crippen molar-refractivity contribution in [2.45, 2.75) is 32.1 Å². The molecule has 18 heavy (non-hydrogen) atoms. The van der Waals surface area contributed by atoms with Gasteiger partial charge in [0.1, 0.15) is 9.84 Å². The van der Waals surface area contributed by atoms with Gasteiger partial charge in [0.25, 0.3) is 0 Å². The van der Waals surface area contributed by atoms with Gasteiger partial charge in [0.05, 0.1) is 5.75 Å². The predicted molar refractivity (Wildman–Crippen MR) is 78.0 cm³/mol. The number of sulfone groups is 1. The lowest BCUT2D eigenvalue weighted by molar-refractivity contribution is 0.358. The zero-order valence-corrected chi connectivity index (χ0v) is 12.6. The van der Waals surface area contributed by atoms with E-state index in [4.69, 9.17) is 0 Å². The highest BCUT2D eigenvalue weighted by atomic mass is 32.2. The molecule has 6 heteroatoms. The third-order valence-corrected chi connectivity index (χ3v) is 6.04. The van der Waals surface area contributed by atoms with Gasteiger partial charge in [-0.25, -0.2) is 8.42 Å². The average Bonchev–Trinajstić information content (AvgIpc) is 2.75. The van der Waals surface area contributed by atoms with E-state index in [0.717, 1.165) is 11.7 Å². The average molecular weight is 290 g/mol. The first-order chi connectivity index (χ1) is 8.49. The largest absolute Gasteiger partial charge is 0.365 e. The number of rotatable bonds is 4. The molecule has 0 aromatic rings. The third-order valence-electron chi connectivity index (χ3n) is 3.71. The molecule has 4 nitrogen and oxygen atoms in total. The Kier molecular flexibility index (Phi) is 4.59. The molecule has 1 fully saturated rings. The van der Waals surface area contributed by atoms with Crippen molar-refractivity contribution in [2.75, 3.05) is 30.9 Å². The minimum atomic E-state index is -2.83. The van der Waals surface area contributed by atoms with E-state index in [0.29, 0.717) is 18.4 Å². The van der Waals surface area contributed by atoms with Gasteiger partial charge in [-0.15, -0.1) is 0 Å². The monoisotopic (exact) mass is 290 g/mol. The lowest BCUT2D eigenvalue weighted by Gasteiger charge is -2.31. The second kappa shape index (κ2) is 5.82. The quantitative estimate of drug-likeness (QED) is 0.800. The van der Waals surface area contributed by atoms with Crippen molar-refractivity contribution in [1.29, 1.82) is 0 Å². The van der Waals surface area contributed by atoms with Crippen LogP contribution in [0.4, 0.5) is 0 Å². The molecule has 0 amide bonds. The molecule has 0 saturated heterocycles. The van der Waals surface area contributed by atoms with E-state index in [2.05, 4.69) is 10.3 Å². The van der Waals surface area contributed by atoms with E-state index in [1.165, 1.54) is 37.7 Å². The van der Waals surface area contributed by atoms with Gasteiger partial charge in [-0.05, 0) is 24.7 Å². The third kappa shape index (κ3) is 4.16. The highest BCUT2D eigenvalue weighted by Crippen LogP contribution is 2.43. The molecular formula is C12H22N2O2S2. The van der Waals surface area contributed by atoms with Crippen LogP contribution in [0.2, 0.25) is 0 Å². The maximum atomic E-state index is 11.0. The molecule has 1 saturated carbocycles. The van der Waals surface area contributed by atoms with Crippen LogP contribution in [0.3, 0.4) is 0 Å². The molecule has 0 atom stereocenters. The first kappa shape index (κ1) is 14.2. The summed E-state index contributed by atoms with van der Waals surface area (Å²) in [4.78, 5) is 4.62. The standard InChI is InChI=1S/C12H22N2O2S2/c1-18(15,16)8-4-7-13-11-14-9-12(10-17-11)5-2-3-6-12/h2-10H2,1H3,(H,13,14). The Hall–Kier alpha value is -0.230. The summed E-state index contributed by atoms with van der Waals surface area (Å²) < 4.78 is 22.0. The van der Waals surface area contributed by atoms with Gasteiger partial charge in [0.2, 0.25) is 0 Å². The number of hydrogen-bond acceptors (Lipinski definition) is 5. The number of hydrogen-bond donors (Lipinski definition) is 1. The Bertz CT molecular complexity index is 412. The maximum Gasteiger partial charge on any atom is 0.156 e. The fraction of sp³-hybridized carbons (Fsp3) is 0.917. The summed E-state index contributed by atoms with van der Waals surface area (Å²) in [6.07, 6.45) is 7.30. The van der Waals surface area contributed by atoms with Gasteiger partial charge in [-0.2, -0.15) is 0 Å². The molecule has 1 spiro atoms. The van der Waals surface area contributed by atoms with Gasteiger partial charge >= 0.3 is 0 Å². The van der Waals surface area contributed by atoms with Gasteiger partial charge in [-0.3, -0.25) is 4.99 Å². The minimum Gasteiger partial charge on any atom is -0.365 e. The molecule has 0 aromatic heterocycles. The van der Waals surface area contributed by atoms with Crippen molar-refractivity contribution in [1.82, 2.24) is 5.32 Å². The Labute approximate surface area is 114 Å². The van der Waals surface area contributed by atoms with Crippen LogP contribution in [0.25, 0.3) is 0 Å². The zero-order chi connectivity index (χ0) is 13.1. The van der Waals surface area contributed by atoms with Gasteiger partial charge in [-0.1, -0.05) is 24.6 Å². The van der Waals surface area contributed by atoms with Crippen LogP contribution in [0.1, 0.15) is 32.1 Å². The maximum absolute atomic E-state index is 11.0. The molecule has 104 valence electrons. The lowest BCUT2D eigenvalue weighted by atomic mass is 9.89. The Morgan fingerprint density at radius 1 is 1.39 bits per heavy atom. The van der Waals surface area contributed by atoms with Crippen LogP contribution in [0, 0.1) is 5.41 Å². The molecule has 0 unspecified atom stereocenters. The van der Waals surface area contributed by atoms with Crippen LogP contribution >= 0.6 is 11.8 Å². The van der Waals surface area contributed by atoms with E-state index >= 15 is 0 Å². The van der Waals surface area contributed by atoms with E-state index in [1.807, 2.05) is 0 Å². The van der Waals surface area contributed by atoms with Crippen LogP contribution in [-0.2, 0) is 9.84 Å². The van der Waals surface area contributed by atoms with Gasteiger partial charge in [0.15, 0.2) is 5.17 Å². The van der Waals surface area contributed by atoms with Crippen molar-refractivity contribution < 1.29 is 8.42 Å². The summed E-state index contributed by atoms with van der Waals surface area (Å²) in [6.45, 7) is 1.65. The SMILES string of the molecule is CS(=O)(=O)CCCNC1=NCC2(CCCC2)CS1. The normalized spacial score (nSPS) is 23.1. The molecule has 1 heterocycles. The van der Waals surface area contributed by atoms with Crippen molar-refractivity contribution in [3.05, 3.63) is 0 Å². The van der Waals surface area contributed by atoms with Crippen LogP contribution in [0.5, 0.6) is 0 Å². The number of thioether (sulfide) groups is 1. The number of aliphatic imine (C=N–C) groups is 1. The number of amidine groups is 1. The minimum absolute atomic E-state index is 0.252. The molecular weight excluding hydrogens is 268 g/mol. The fourth-order valence-electron chi connectivity index (χ4n) is 2.62. The molecule has 2 rings (SSSR count). The van der Waals surface area contributed by atoms with Gasteiger partial charge in [0, 0.05) is 25.1 Å². The molecule has 1 N–H and O–H groups in total. The summed E-state index contributed by atoms with van der Waals surface area (Å²) in [5, 5.41) is 4.25. The van der Waals surface area contributed by atoms with Crippen LogP contribution in [-0.4, -0.2) is 44.4 Å². The highest BCUT2D eigenvalue weighted by molar-refractivity contribution is 8.13. The van der Waals surface area contributed by atoms with Gasteiger partial charge < -0.3 is 5.32 Å². The predicted octanol–water partition coefficient (Wildman–Crippen LogP) is 1.67. The molecule has 0 bridgehead atoms. The van der Waals surface area contributed by atoms with Crippen molar-refractivity contribution in [3.63, 3.8) is 0 Å². The summed E-state index contributed by atoms with van der Waals surface area (Å²) >= 11 is 1.81. The Balaban J connectivity index is 1.70.